The van der Waals surface area contributed by atoms with Crippen molar-refractivity contribution in [1.82, 2.24) is 4.98 Å². The van der Waals surface area contributed by atoms with E-state index in [9.17, 15) is 30.8 Å². The molecule has 13 heteroatoms. The Morgan fingerprint density at radius 2 is 2.03 bits per heavy atom. The smallest absolute Gasteiger partial charge is 0.255 e. The summed E-state index contributed by atoms with van der Waals surface area (Å²) in [6.07, 6.45) is -0.459. The van der Waals surface area contributed by atoms with Crippen LogP contribution in [0.15, 0.2) is 35.5 Å². The number of pyridine rings is 1. The van der Waals surface area contributed by atoms with E-state index in [1.54, 1.807) is 0 Å². The third-order valence-corrected chi connectivity index (χ3v) is 5.53. The summed E-state index contributed by atoms with van der Waals surface area (Å²) >= 11 is 0. The number of ether oxygens (including phenoxy) is 1. The summed E-state index contributed by atoms with van der Waals surface area (Å²) < 4.78 is 83.7. The lowest BCUT2D eigenvalue weighted by atomic mass is 9.96. The van der Waals surface area contributed by atoms with Crippen LogP contribution in [0.1, 0.15) is 12.8 Å². The van der Waals surface area contributed by atoms with Crippen molar-refractivity contribution in [3.05, 3.63) is 42.1 Å². The molecule has 3 N–H and O–H groups in total. The fourth-order valence-corrected chi connectivity index (χ4v) is 3.77. The number of amides is 1. The van der Waals surface area contributed by atoms with E-state index in [1.807, 2.05) is 0 Å². The van der Waals surface area contributed by atoms with Gasteiger partial charge in [-0.15, -0.1) is 0 Å². The first-order chi connectivity index (χ1) is 14.4. The second kappa shape index (κ2) is 8.30. The van der Waals surface area contributed by atoms with E-state index in [2.05, 4.69) is 10.3 Å². The van der Waals surface area contributed by atoms with Crippen molar-refractivity contribution < 1.29 is 35.5 Å². The van der Waals surface area contributed by atoms with Crippen molar-refractivity contribution in [2.24, 2.45) is 5.14 Å². The highest BCUT2D eigenvalue weighted by Gasteiger charge is 2.44. The molecule has 1 aliphatic rings. The molecule has 168 valence electrons. The molecule has 0 aliphatic carbocycles. The number of aromatic nitrogens is 1. The van der Waals surface area contributed by atoms with Crippen LogP contribution in [0.3, 0.4) is 0 Å². The Bertz CT molecular complexity index is 1110. The maximum Gasteiger partial charge on any atom is 0.255 e. The van der Waals surface area contributed by atoms with E-state index in [0.29, 0.717) is 0 Å². The molecule has 31 heavy (non-hydrogen) atoms. The summed E-state index contributed by atoms with van der Waals surface area (Å²) in [5.74, 6) is -7.14. The maximum atomic E-state index is 14.1. The Labute approximate surface area is 175 Å². The minimum Gasteiger partial charge on any atom is -0.491 e. The van der Waals surface area contributed by atoms with Crippen LogP contribution in [0.4, 0.5) is 28.9 Å². The van der Waals surface area contributed by atoms with Crippen LogP contribution in [0.5, 0.6) is 5.75 Å². The van der Waals surface area contributed by atoms with Gasteiger partial charge in [-0.05, 0) is 18.2 Å². The van der Waals surface area contributed by atoms with Gasteiger partial charge >= 0.3 is 0 Å². The second-order valence-corrected chi connectivity index (χ2v) is 8.36. The molecule has 2 aromatic rings. The van der Waals surface area contributed by atoms with E-state index >= 15 is 0 Å². The molecular formula is C18H18F4N4O4S. The van der Waals surface area contributed by atoms with Gasteiger partial charge in [0.15, 0.2) is 16.6 Å². The van der Waals surface area contributed by atoms with Gasteiger partial charge in [-0.1, -0.05) is 0 Å². The lowest BCUT2D eigenvalue weighted by Gasteiger charge is -2.40. The average Bonchev–Trinajstić information content (AvgIpc) is 2.69. The number of rotatable bonds is 5. The molecule has 1 aromatic heterocycles. The lowest BCUT2D eigenvalue weighted by molar-refractivity contribution is -0.121. The van der Waals surface area contributed by atoms with E-state index < -0.39 is 63.1 Å². The second-order valence-electron chi connectivity index (χ2n) is 6.85. The number of piperidine rings is 1. The van der Waals surface area contributed by atoms with E-state index in [-0.39, 0.29) is 17.9 Å². The number of sulfonamides is 1. The summed E-state index contributed by atoms with van der Waals surface area (Å²) in [5.41, 5.74) is -0.118. The summed E-state index contributed by atoms with van der Waals surface area (Å²) in [4.78, 5) is 17.6. The number of benzene rings is 1. The molecule has 1 saturated heterocycles. The molecule has 1 unspecified atom stereocenters. The first-order valence-electron chi connectivity index (χ1n) is 8.89. The van der Waals surface area contributed by atoms with Crippen molar-refractivity contribution in [3.63, 3.8) is 0 Å². The molecule has 1 amide bonds. The number of primary sulfonamides is 1. The van der Waals surface area contributed by atoms with Gasteiger partial charge in [-0.3, -0.25) is 4.79 Å². The minimum absolute atomic E-state index is 0.0462. The van der Waals surface area contributed by atoms with Crippen LogP contribution in [0.25, 0.3) is 0 Å². The predicted molar refractivity (Wildman–Crippen MR) is 102 cm³/mol. The number of carbonyl (C=O) groups is 1. The zero-order valence-electron chi connectivity index (χ0n) is 16.1. The lowest BCUT2D eigenvalue weighted by Crippen LogP contribution is -2.53. The van der Waals surface area contributed by atoms with Crippen molar-refractivity contribution in [3.8, 4) is 5.75 Å². The van der Waals surface area contributed by atoms with Gasteiger partial charge in [0.1, 0.15) is 6.04 Å². The quantitative estimate of drug-likeness (QED) is 0.659. The largest absolute Gasteiger partial charge is 0.491 e. The monoisotopic (exact) mass is 462 g/mol. The van der Waals surface area contributed by atoms with E-state index in [0.717, 1.165) is 31.5 Å². The highest BCUT2D eigenvalue weighted by Crippen LogP contribution is 2.40. The molecule has 0 radical (unpaired) electrons. The Morgan fingerprint density at radius 1 is 1.32 bits per heavy atom. The zero-order valence-corrected chi connectivity index (χ0v) is 16.9. The average molecular weight is 462 g/mol. The highest BCUT2D eigenvalue weighted by molar-refractivity contribution is 7.89. The first-order valence-corrected chi connectivity index (χ1v) is 10.4. The van der Waals surface area contributed by atoms with Gasteiger partial charge in [-0.25, -0.2) is 31.7 Å². The van der Waals surface area contributed by atoms with Crippen molar-refractivity contribution in [2.45, 2.75) is 29.8 Å². The Morgan fingerprint density at radius 3 is 2.68 bits per heavy atom. The number of alkyl halides is 2. The van der Waals surface area contributed by atoms with Gasteiger partial charge in [0, 0.05) is 37.3 Å². The molecular weight excluding hydrogens is 444 g/mol. The fourth-order valence-electron chi connectivity index (χ4n) is 3.27. The van der Waals surface area contributed by atoms with Crippen molar-refractivity contribution in [1.29, 1.82) is 0 Å². The van der Waals surface area contributed by atoms with Crippen LogP contribution >= 0.6 is 0 Å². The highest BCUT2D eigenvalue weighted by atomic mass is 32.2. The summed E-state index contributed by atoms with van der Waals surface area (Å²) in [5, 5.41) is 6.81. The summed E-state index contributed by atoms with van der Waals surface area (Å²) in [7, 11) is -3.08. The van der Waals surface area contributed by atoms with Crippen molar-refractivity contribution in [2.75, 3.05) is 23.9 Å². The van der Waals surface area contributed by atoms with E-state index in [1.165, 1.54) is 11.0 Å². The van der Waals surface area contributed by atoms with Gasteiger partial charge in [0.25, 0.3) is 15.9 Å². The van der Waals surface area contributed by atoms with Gasteiger partial charge < -0.3 is 15.0 Å². The molecule has 0 saturated carbocycles. The number of anilines is 2. The summed E-state index contributed by atoms with van der Waals surface area (Å²) in [6.45, 7) is -0.342. The molecule has 1 fully saturated rings. The summed E-state index contributed by atoms with van der Waals surface area (Å²) in [6, 6.07) is 2.66. The first kappa shape index (κ1) is 22.7. The Kier molecular flexibility index (Phi) is 6.09. The predicted octanol–water partition coefficient (Wildman–Crippen LogP) is 2.26. The van der Waals surface area contributed by atoms with Crippen LogP contribution in [-0.4, -0.2) is 44.9 Å². The van der Waals surface area contributed by atoms with Gasteiger partial charge in [-0.2, -0.15) is 4.39 Å². The Balaban J connectivity index is 1.96. The molecule has 1 atom stereocenters. The number of nitrogens with two attached hydrogens (primary N) is 1. The number of methoxy groups -OCH3 is 1. The number of nitrogens with one attached hydrogen (secondary N) is 1. The third kappa shape index (κ3) is 4.88. The number of hydrogen-bond donors (Lipinski definition) is 2. The van der Waals surface area contributed by atoms with Gasteiger partial charge in [0.2, 0.25) is 11.7 Å². The normalized spacial score (nSPS) is 18.5. The molecule has 2 heterocycles. The molecule has 8 nitrogen and oxygen atoms in total. The number of hydrogen-bond acceptors (Lipinski definition) is 6. The van der Waals surface area contributed by atoms with Gasteiger partial charge in [0.05, 0.1) is 12.8 Å². The van der Waals surface area contributed by atoms with Crippen LogP contribution in [0, 0.1) is 11.6 Å². The maximum absolute atomic E-state index is 14.1. The molecule has 0 bridgehead atoms. The third-order valence-electron chi connectivity index (χ3n) is 4.73. The molecule has 1 aromatic carbocycles. The number of halogens is 4. The zero-order chi connectivity index (χ0) is 23.0. The Hall–Kier alpha value is -2.93. The molecule has 0 spiro atoms. The van der Waals surface area contributed by atoms with Crippen molar-refractivity contribution >= 4 is 27.3 Å². The molecule has 1 aliphatic heterocycles. The van der Waals surface area contributed by atoms with Crippen LogP contribution in [-0.2, 0) is 14.8 Å². The fraction of sp³-hybridized carbons (Fsp3) is 0.333. The topological polar surface area (TPSA) is 115 Å². The standard InChI is InChI=1S/C18H18F4N4O4S/c1-30-16-12(3-2-11(19)15(16)20)26-7-5-18(21,22)9-13(26)17(27)25-10-4-6-24-14(8-10)31(23,28)29/h2-4,6,8,13H,5,7,9H2,1H3,(H2,23,28,29)(H,24,25,27). The number of nitrogens with zero attached hydrogens (tertiary/aromatic N) is 2. The SMILES string of the molecule is COc1c(N2CCC(F)(F)CC2C(=O)Nc2ccnc(S(N)(=O)=O)c2)ccc(F)c1F. The van der Waals surface area contributed by atoms with Crippen LogP contribution in [0.2, 0.25) is 0 Å². The number of carbonyl (C=O) groups excluding carboxylic acids is 1. The minimum atomic E-state index is -4.16. The van der Waals surface area contributed by atoms with Crippen LogP contribution < -0.4 is 20.1 Å². The molecule has 3 rings (SSSR count). The van der Waals surface area contributed by atoms with E-state index in [4.69, 9.17) is 9.88 Å².